The predicted octanol–water partition coefficient (Wildman–Crippen LogP) is 2.75. The number of aromatic nitrogens is 1. The molecule has 0 N–H and O–H groups in total. The van der Waals surface area contributed by atoms with Gasteiger partial charge in [0.15, 0.2) is 0 Å². The highest BCUT2D eigenvalue weighted by Crippen LogP contribution is 2.06. The number of aryl methyl sites for hydroxylation is 1. The first-order chi connectivity index (χ1) is 8.25. The van der Waals surface area contributed by atoms with E-state index in [1.165, 1.54) is 0 Å². The Hall–Kier alpha value is -2.16. The van der Waals surface area contributed by atoms with Crippen LogP contribution in [0.2, 0.25) is 0 Å². The molecule has 3 nitrogen and oxygen atoms in total. The molecule has 0 saturated carbocycles. The largest absolute Gasteiger partial charge is 0.457 e. The van der Waals surface area contributed by atoms with Crippen LogP contribution in [0.3, 0.4) is 0 Å². The summed E-state index contributed by atoms with van der Waals surface area (Å²) in [5, 5.41) is 0. The summed E-state index contributed by atoms with van der Waals surface area (Å²) in [6, 6.07) is 13.0. The maximum absolute atomic E-state index is 11.7. The van der Waals surface area contributed by atoms with Crippen molar-refractivity contribution in [1.82, 2.24) is 4.98 Å². The zero-order chi connectivity index (χ0) is 12.1. The van der Waals surface area contributed by atoms with Crippen molar-refractivity contribution >= 4 is 5.97 Å². The first-order valence-electron chi connectivity index (χ1n) is 5.39. The van der Waals surface area contributed by atoms with Gasteiger partial charge >= 0.3 is 5.97 Å². The van der Waals surface area contributed by atoms with Crippen LogP contribution >= 0.6 is 0 Å². The topological polar surface area (TPSA) is 39.2 Å². The summed E-state index contributed by atoms with van der Waals surface area (Å²) in [5.74, 6) is -0.320. The van der Waals surface area contributed by atoms with Crippen LogP contribution < -0.4 is 0 Å². The molecule has 2 rings (SSSR count). The van der Waals surface area contributed by atoms with Gasteiger partial charge in [0.1, 0.15) is 6.61 Å². The van der Waals surface area contributed by atoms with Gasteiger partial charge in [0.05, 0.1) is 5.56 Å². The smallest absolute Gasteiger partial charge is 0.338 e. The lowest BCUT2D eigenvalue weighted by molar-refractivity contribution is 0.0472. The van der Waals surface area contributed by atoms with Gasteiger partial charge in [-0.3, -0.25) is 4.98 Å². The molecule has 0 saturated heterocycles. The van der Waals surface area contributed by atoms with Crippen LogP contribution in [0.1, 0.15) is 21.6 Å². The molecule has 3 heteroatoms. The van der Waals surface area contributed by atoms with Crippen LogP contribution in [0, 0.1) is 6.92 Å². The second-order valence-corrected chi connectivity index (χ2v) is 3.75. The Kier molecular flexibility index (Phi) is 3.50. The molecule has 0 unspecified atom stereocenters. The first kappa shape index (κ1) is 11.3. The number of hydrogen-bond donors (Lipinski definition) is 0. The Morgan fingerprint density at radius 2 is 2.00 bits per heavy atom. The van der Waals surface area contributed by atoms with Gasteiger partial charge in [-0.15, -0.1) is 0 Å². The maximum Gasteiger partial charge on any atom is 0.338 e. The molecular formula is C14H13NO2. The molecule has 2 aromatic rings. The third kappa shape index (κ3) is 3.14. The highest BCUT2D eigenvalue weighted by Gasteiger charge is 2.07. The van der Waals surface area contributed by atoms with Crippen LogP contribution in [0.4, 0.5) is 0 Å². The standard InChI is InChI=1S/C14H13NO2/c1-11-9-13(7-8-15-11)14(16)17-10-12-5-3-2-4-6-12/h2-9H,10H2,1H3. The van der Waals surface area contributed by atoms with Gasteiger partial charge in [-0.05, 0) is 24.6 Å². The van der Waals surface area contributed by atoms with E-state index in [9.17, 15) is 4.79 Å². The molecule has 1 aromatic heterocycles. The summed E-state index contributed by atoms with van der Waals surface area (Å²) < 4.78 is 5.20. The summed E-state index contributed by atoms with van der Waals surface area (Å²) in [7, 11) is 0. The summed E-state index contributed by atoms with van der Waals surface area (Å²) >= 11 is 0. The third-order valence-electron chi connectivity index (χ3n) is 2.35. The summed E-state index contributed by atoms with van der Waals surface area (Å²) in [4.78, 5) is 15.8. The fourth-order valence-electron chi connectivity index (χ4n) is 1.48. The van der Waals surface area contributed by atoms with Gasteiger partial charge in [-0.1, -0.05) is 30.3 Å². The lowest BCUT2D eigenvalue weighted by atomic mass is 10.2. The Morgan fingerprint density at radius 1 is 1.24 bits per heavy atom. The fraction of sp³-hybridized carbons (Fsp3) is 0.143. The zero-order valence-electron chi connectivity index (χ0n) is 9.59. The van der Waals surface area contributed by atoms with Gasteiger partial charge in [-0.25, -0.2) is 4.79 Å². The number of pyridine rings is 1. The Morgan fingerprint density at radius 3 is 2.71 bits per heavy atom. The summed E-state index contributed by atoms with van der Waals surface area (Å²) in [6.07, 6.45) is 1.61. The molecule has 0 atom stereocenters. The van der Waals surface area contributed by atoms with Gasteiger partial charge in [-0.2, -0.15) is 0 Å². The molecule has 1 aromatic carbocycles. The number of carbonyl (C=O) groups is 1. The maximum atomic E-state index is 11.7. The van der Waals surface area contributed by atoms with Crippen molar-refractivity contribution in [3.63, 3.8) is 0 Å². The molecule has 0 bridgehead atoms. The Labute approximate surface area is 100 Å². The van der Waals surface area contributed by atoms with Crippen molar-refractivity contribution in [1.29, 1.82) is 0 Å². The summed E-state index contributed by atoms with van der Waals surface area (Å²) in [6.45, 7) is 2.13. The highest BCUT2D eigenvalue weighted by molar-refractivity contribution is 5.89. The van der Waals surface area contributed by atoms with Crippen LogP contribution in [-0.4, -0.2) is 11.0 Å². The van der Waals surface area contributed by atoms with Crippen molar-refractivity contribution in [2.24, 2.45) is 0 Å². The molecule has 0 aliphatic carbocycles. The van der Waals surface area contributed by atoms with Crippen molar-refractivity contribution in [3.8, 4) is 0 Å². The molecule has 0 fully saturated rings. The lowest BCUT2D eigenvalue weighted by Gasteiger charge is -2.05. The molecule has 86 valence electrons. The number of hydrogen-bond acceptors (Lipinski definition) is 3. The number of carbonyl (C=O) groups excluding carboxylic acids is 1. The molecule has 0 radical (unpaired) electrons. The molecule has 0 aliphatic rings. The van der Waals surface area contributed by atoms with E-state index in [2.05, 4.69) is 4.98 Å². The molecular weight excluding hydrogens is 214 g/mol. The van der Waals surface area contributed by atoms with E-state index < -0.39 is 0 Å². The quantitative estimate of drug-likeness (QED) is 0.757. The fourth-order valence-corrected chi connectivity index (χ4v) is 1.48. The number of rotatable bonds is 3. The molecule has 1 heterocycles. The third-order valence-corrected chi connectivity index (χ3v) is 2.35. The van der Waals surface area contributed by atoms with Gasteiger partial charge in [0.25, 0.3) is 0 Å². The Bertz CT molecular complexity index is 509. The highest BCUT2D eigenvalue weighted by atomic mass is 16.5. The van der Waals surface area contributed by atoms with Crippen LogP contribution in [0.5, 0.6) is 0 Å². The molecule has 0 amide bonds. The summed E-state index contributed by atoms with van der Waals surface area (Å²) in [5.41, 5.74) is 2.32. The number of esters is 1. The van der Waals surface area contributed by atoms with Crippen molar-refractivity contribution < 1.29 is 9.53 Å². The van der Waals surface area contributed by atoms with Crippen molar-refractivity contribution in [2.75, 3.05) is 0 Å². The second kappa shape index (κ2) is 5.25. The minimum Gasteiger partial charge on any atom is -0.457 e. The SMILES string of the molecule is Cc1cc(C(=O)OCc2ccccc2)ccn1. The number of ether oxygens (including phenoxy) is 1. The first-order valence-corrected chi connectivity index (χ1v) is 5.39. The predicted molar refractivity (Wildman–Crippen MR) is 64.5 cm³/mol. The van der Waals surface area contributed by atoms with Crippen molar-refractivity contribution in [2.45, 2.75) is 13.5 Å². The molecule has 17 heavy (non-hydrogen) atoms. The van der Waals surface area contributed by atoms with Gasteiger partial charge < -0.3 is 4.74 Å². The minimum absolute atomic E-state index is 0.293. The average molecular weight is 227 g/mol. The van der Waals surface area contributed by atoms with Crippen LogP contribution in [0.25, 0.3) is 0 Å². The van der Waals surface area contributed by atoms with E-state index in [1.54, 1.807) is 18.3 Å². The van der Waals surface area contributed by atoms with E-state index in [-0.39, 0.29) is 5.97 Å². The van der Waals surface area contributed by atoms with Crippen LogP contribution in [0.15, 0.2) is 48.7 Å². The lowest BCUT2D eigenvalue weighted by Crippen LogP contribution is -2.05. The van der Waals surface area contributed by atoms with Crippen molar-refractivity contribution in [3.05, 3.63) is 65.5 Å². The second-order valence-electron chi connectivity index (χ2n) is 3.75. The van der Waals surface area contributed by atoms with E-state index >= 15 is 0 Å². The van der Waals surface area contributed by atoms with Crippen LogP contribution in [-0.2, 0) is 11.3 Å². The average Bonchev–Trinajstić information content (AvgIpc) is 2.37. The number of nitrogens with zero attached hydrogens (tertiary/aromatic N) is 1. The number of benzene rings is 1. The minimum atomic E-state index is -0.320. The Balaban J connectivity index is 1.98. The van der Waals surface area contributed by atoms with E-state index in [0.717, 1.165) is 11.3 Å². The molecule has 0 aliphatic heterocycles. The van der Waals surface area contributed by atoms with Gasteiger partial charge in [0, 0.05) is 11.9 Å². The monoisotopic (exact) mass is 227 g/mol. The van der Waals surface area contributed by atoms with E-state index in [0.29, 0.717) is 12.2 Å². The van der Waals surface area contributed by atoms with E-state index in [4.69, 9.17) is 4.74 Å². The van der Waals surface area contributed by atoms with Gasteiger partial charge in [0.2, 0.25) is 0 Å². The molecule has 0 spiro atoms. The zero-order valence-corrected chi connectivity index (χ0v) is 9.59. The normalized spacial score (nSPS) is 9.94. The van der Waals surface area contributed by atoms with E-state index in [1.807, 2.05) is 37.3 Å².